The number of aliphatic carboxylic acids is 1. The van der Waals surface area contributed by atoms with Crippen molar-refractivity contribution in [2.24, 2.45) is 40.4 Å². The maximum Gasteiger partial charge on any atom is 0.364 e. The lowest BCUT2D eigenvalue weighted by Gasteiger charge is -2.58. The second-order valence-electron chi connectivity index (χ2n) is 11.0. The van der Waals surface area contributed by atoms with Gasteiger partial charge in [-0.3, -0.25) is 4.79 Å². The summed E-state index contributed by atoms with van der Waals surface area (Å²) in [6, 6.07) is 0. The molecule has 0 amide bonds. The Hall–Kier alpha value is -1.20. The zero-order valence-electron chi connectivity index (χ0n) is 18.0. The van der Waals surface area contributed by atoms with Gasteiger partial charge >= 0.3 is 5.97 Å². The topological polar surface area (TPSA) is 94.8 Å². The Bertz CT molecular complexity index is 740. The molecule has 3 saturated carbocycles. The quantitative estimate of drug-likeness (QED) is 0.617. The number of allylic oxidation sites excluding steroid dienone is 1. The molecule has 0 aliphatic heterocycles. The van der Waals surface area contributed by atoms with Crippen molar-refractivity contribution >= 4 is 11.8 Å². The molecule has 5 nitrogen and oxygen atoms in total. The first-order valence-corrected chi connectivity index (χ1v) is 11.4. The molecule has 162 valence electrons. The lowest BCUT2D eigenvalue weighted by molar-refractivity contribution is -0.211. The highest BCUT2D eigenvalue weighted by Gasteiger charge is 2.59. The predicted molar refractivity (Wildman–Crippen MR) is 109 cm³/mol. The van der Waals surface area contributed by atoms with Gasteiger partial charge in [0.25, 0.3) is 5.79 Å². The van der Waals surface area contributed by atoms with Crippen molar-refractivity contribution in [2.45, 2.75) is 84.3 Å². The number of ketones is 1. The number of hydrogen-bond acceptors (Lipinski definition) is 4. The van der Waals surface area contributed by atoms with Crippen LogP contribution in [-0.4, -0.2) is 32.9 Å². The first-order chi connectivity index (χ1) is 13.5. The Labute approximate surface area is 173 Å². The van der Waals surface area contributed by atoms with Crippen LogP contribution in [0, 0.1) is 40.4 Å². The SMILES string of the molecule is C[C@H](CC(O)(O)C(=O)O)[C@H]1CC[C@H]2[C@@H]3CCC4=CC(=O)CC[C@]4(C)[C@H]3CC[C@]12C. The number of carboxylic acid groups (broad SMARTS) is 1. The molecule has 0 aromatic rings. The molecule has 4 aliphatic carbocycles. The summed E-state index contributed by atoms with van der Waals surface area (Å²) in [6.07, 6.45) is 10.1. The third-order valence-electron chi connectivity index (χ3n) is 9.67. The molecule has 0 saturated heterocycles. The summed E-state index contributed by atoms with van der Waals surface area (Å²) < 4.78 is 0. The molecule has 4 aliphatic rings. The van der Waals surface area contributed by atoms with Crippen molar-refractivity contribution in [3.05, 3.63) is 11.6 Å². The molecule has 4 rings (SSSR count). The van der Waals surface area contributed by atoms with Crippen LogP contribution in [-0.2, 0) is 9.59 Å². The molecular weight excluding hydrogens is 368 g/mol. The van der Waals surface area contributed by atoms with Crippen molar-refractivity contribution in [2.75, 3.05) is 0 Å². The van der Waals surface area contributed by atoms with E-state index in [0.29, 0.717) is 35.9 Å². The summed E-state index contributed by atoms with van der Waals surface area (Å²) in [6.45, 7) is 6.75. The van der Waals surface area contributed by atoms with Crippen LogP contribution < -0.4 is 0 Å². The summed E-state index contributed by atoms with van der Waals surface area (Å²) in [5.74, 6) is -1.72. The first-order valence-electron chi connectivity index (χ1n) is 11.4. The highest BCUT2D eigenvalue weighted by Crippen LogP contribution is 2.67. The van der Waals surface area contributed by atoms with Gasteiger partial charge < -0.3 is 15.3 Å². The summed E-state index contributed by atoms with van der Waals surface area (Å²) in [4.78, 5) is 23.2. The van der Waals surface area contributed by atoms with Crippen LogP contribution in [0.2, 0.25) is 0 Å². The minimum absolute atomic E-state index is 0.0467. The van der Waals surface area contributed by atoms with Crippen LogP contribution in [0.5, 0.6) is 0 Å². The average Bonchev–Trinajstić information content (AvgIpc) is 2.99. The first kappa shape index (κ1) is 21.0. The largest absolute Gasteiger partial charge is 0.477 e. The smallest absolute Gasteiger partial charge is 0.364 e. The molecular formula is C24H36O5. The molecule has 0 radical (unpaired) electrons. The van der Waals surface area contributed by atoms with Crippen LogP contribution >= 0.6 is 0 Å². The second-order valence-corrected chi connectivity index (χ2v) is 11.0. The minimum atomic E-state index is -2.64. The highest BCUT2D eigenvalue weighted by molar-refractivity contribution is 5.91. The maximum absolute atomic E-state index is 12.0. The van der Waals surface area contributed by atoms with E-state index in [9.17, 15) is 19.8 Å². The average molecular weight is 405 g/mol. The molecule has 3 N–H and O–H groups in total. The van der Waals surface area contributed by atoms with Gasteiger partial charge in [0, 0.05) is 12.8 Å². The van der Waals surface area contributed by atoms with Crippen LogP contribution in [0.4, 0.5) is 0 Å². The minimum Gasteiger partial charge on any atom is -0.477 e. The van der Waals surface area contributed by atoms with Gasteiger partial charge in [0.1, 0.15) is 0 Å². The molecule has 7 atom stereocenters. The van der Waals surface area contributed by atoms with Crippen LogP contribution in [0.1, 0.15) is 78.6 Å². The van der Waals surface area contributed by atoms with Gasteiger partial charge in [-0.2, -0.15) is 0 Å². The van der Waals surface area contributed by atoms with E-state index < -0.39 is 11.8 Å². The number of hydrogen-bond donors (Lipinski definition) is 3. The number of aliphatic hydroxyl groups is 2. The standard InChI is InChI=1S/C24H36O5/c1-14(13-24(28,29)21(26)27)18-6-7-19-17-5-4-15-12-16(25)8-10-22(15,2)20(17)9-11-23(18,19)3/h12,14,17-20,28-29H,4-11,13H2,1-3H3,(H,26,27)/t14-,17+,18-,19+,20+,22+,23-/m1/s1. The molecule has 5 heteroatoms. The van der Waals surface area contributed by atoms with E-state index in [1.54, 1.807) is 0 Å². The van der Waals surface area contributed by atoms with E-state index in [1.807, 2.05) is 13.0 Å². The molecule has 29 heavy (non-hydrogen) atoms. The van der Waals surface area contributed by atoms with E-state index in [4.69, 9.17) is 5.11 Å². The lowest BCUT2D eigenvalue weighted by atomic mass is 9.46. The van der Waals surface area contributed by atoms with E-state index in [-0.39, 0.29) is 23.2 Å². The van der Waals surface area contributed by atoms with Gasteiger partial charge in [-0.15, -0.1) is 0 Å². The fraction of sp³-hybridized carbons (Fsp3) is 0.833. The van der Waals surface area contributed by atoms with Crippen molar-refractivity contribution in [3.8, 4) is 0 Å². The van der Waals surface area contributed by atoms with Gasteiger partial charge in [0.05, 0.1) is 0 Å². The summed E-state index contributed by atoms with van der Waals surface area (Å²) in [7, 11) is 0. The Balaban J connectivity index is 1.55. The third kappa shape index (κ3) is 3.20. The van der Waals surface area contributed by atoms with Gasteiger partial charge in [-0.25, -0.2) is 4.79 Å². The zero-order valence-corrected chi connectivity index (χ0v) is 18.0. The maximum atomic E-state index is 12.0. The van der Waals surface area contributed by atoms with Crippen molar-refractivity contribution < 1.29 is 24.9 Å². The molecule has 3 fully saturated rings. The van der Waals surface area contributed by atoms with Gasteiger partial charge in [-0.05, 0) is 91.4 Å². The fourth-order valence-electron chi connectivity index (χ4n) is 8.21. The molecule has 0 spiro atoms. The number of fused-ring (bicyclic) bond motifs is 5. The molecule has 0 aromatic carbocycles. The van der Waals surface area contributed by atoms with E-state index in [1.165, 1.54) is 5.57 Å². The van der Waals surface area contributed by atoms with Crippen molar-refractivity contribution in [3.63, 3.8) is 0 Å². The number of carbonyl (C=O) groups is 2. The monoisotopic (exact) mass is 404 g/mol. The zero-order chi connectivity index (χ0) is 21.2. The van der Waals surface area contributed by atoms with Crippen LogP contribution in [0.15, 0.2) is 11.6 Å². The van der Waals surface area contributed by atoms with Crippen LogP contribution in [0.25, 0.3) is 0 Å². The van der Waals surface area contributed by atoms with E-state index in [2.05, 4.69) is 13.8 Å². The highest BCUT2D eigenvalue weighted by atomic mass is 16.5. The van der Waals surface area contributed by atoms with Gasteiger partial charge in [0.15, 0.2) is 5.78 Å². The Morgan fingerprint density at radius 1 is 1.14 bits per heavy atom. The van der Waals surface area contributed by atoms with E-state index >= 15 is 0 Å². The molecule has 0 heterocycles. The lowest BCUT2D eigenvalue weighted by Crippen LogP contribution is -2.51. The molecule has 0 unspecified atom stereocenters. The Morgan fingerprint density at radius 2 is 1.86 bits per heavy atom. The summed E-state index contributed by atoms with van der Waals surface area (Å²) >= 11 is 0. The van der Waals surface area contributed by atoms with Gasteiger partial charge in [0.2, 0.25) is 0 Å². The second kappa shape index (κ2) is 6.91. The van der Waals surface area contributed by atoms with Crippen molar-refractivity contribution in [1.82, 2.24) is 0 Å². The fourth-order valence-corrected chi connectivity index (χ4v) is 8.21. The van der Waals surface area contributed by atoms with Crippen molar-refractivity contribution in [1.29, 1.82) is 0 Å². The Kier molecular flexibility index (Phi) is 5.02. The van der Waals surface area contributed by atoms with E-state index in [0.717, 1.165) is 44.9 Å². The molecule has 0 bridgehead atoms. The molecule has 0 aromatic heterocycles. The normalized spacial score (nSPS) is 43.1. The van der Waals surface area contributed by atoms with Crippen LogP contribution in [0.3, 0.4) is 0 Å². The third-order valence-corrected chi connectivity index (χ3v) is 9.67. The summed E-state index contributed by atoms with van der Waals surface area (Å²) in [5.41, 5.74) is 1.68. The van der Waals surface area contributed by atoms with Gasteiger partial charge in [-0.1, -0.05) is 26.3 Å². The number of carbonyl (C=O) groups excluding carboxylic acids is 1. The Morgan fingerprint density at radius 3 is 2.55 bits per heavy atom. The number of rotatable bonds is 4. The predicted octanol–water partition coefficient (Wildman–Crippen LogP) is 3.93. The summed E-state index contributed by atoms with van der Waals surface area (Å²) in [5, 5.41) is 28.9. The number of carboxylic acids is 1.